The second kappa shape index (κ2) is 8.18. The standard InChI is InChI=1S/C22H22N4O3/c27-20(23-13-12-15-14-24-18-9-5-4-8-17(15)18)11-10-19-21(28)26(22(29)25-19)16-6-2-1-3-7-16/h1-9,14,19,24H,10-13H2,(H,23,27)(H,25,29). The molecule has 1 unspecified atom stereocenters. The molecular formula is C22H22N4O3. The normalized spacial score (nSPS) is 16.3. The van der Waals surface area contributed by atoms with E-state index in [2.05, 4.69) is 21.7 Å². The van der Waals surface area contributed by atoms with Crippen LogP contribution >= 0.6 is 0 Å². The summed E-state index contributed by atoms with van der Waals surface area (Å²) >= 11 is 0. The van der Waals surface area contributed by atoms with Crippen molar-refractivity contribution in [2.75, 3.05) is 11.4 Å². The summed E-state index contributed by atoms with van der Waals surface area (Å²) in [6, 6.07) is 15.7. The Morgan fingerprint density at radius 3 is 2.62 bits per heavy atom. The van der Waals surface area contributed by atoms with E-state index in [0.717, 1.165) is 27.8 Å². The van der Waals surface area contributed by atoms with Crippen LogP contribution in [0, 0.1) is 0 Å². The molecule has 3 aromatic rings. The summed E-state index contributed by atoms with van der Waals surface area (Å²) in [7, 11) is 0. The van der Waals surface area contributed by atoms with Gasteiger partial charge in [0.05, 0.1) is 5.69 Å². The zero-order chi connectivity index (χ0) is 20.2. The van der Waals surface area contributed by atoms with Gasteiger partial charge in [0, 0.05) is 30.1 Å². The molecule has 0 spiro atoms. The van der Waals surface area contributed by atoms with E-state index >= 15 is 0 Å². The number of aromatic amines is 1. The highest BCUT2D eigenvalue weighted by molar-refractivity contribution is 6.21. The lowest BCUT2D eigenvalue weighted by Gasteiger charge is -2.12. The lowest BCUT2D eigenvalue weighted by Crippen LogP contribution is -2.33. The maximum atomic E-state index is 12.5. The molecule has 0 saturated carbocycles. The SMILES string of the molecule is O=C(CCC1NC(=O)N(c2ccccc2)C1=O)NCCc1c[nH]c2ccccc12. The molecule has 148 valence electrons. The summed E-state index contributed by atoms with van der Waals surface area (Å²) in [6.07, 6.45) is 3.12. The second-order valence-electron chi connectivity index (χ2n) is 7.01. The number of para-hydroxylation sites is 2. The Kier molecular flexibility index (Phi) is 5.29. The third-order valence-electron chi connectivity index (χ3n) is 5.09. The van der Waals surface area contributed by atoms with Crippen molar-refractivity contribution in [3.8, 4) is 0 Å². The largest absolute Gasteiger partial charge is 0.361 e. The van der Waals surface area contributed by atoms with Crippen molar-refractivity contribution in [2.24, 2.45) is 0 Å². The molecule has 7 nitrogen and oxygen atoms in total. The molecule has 1 atom stereocenters. The van der Waals surface area contributed by atoms with Gasteiger partial charge in [-0.2, -0.15) is 0 Å². The first kappa shape index (κ1) is 18.7. The minimum Gasteiger partial charge on any atom is -0.361 e. The Labute approximate surface area is 168 Å². The highest BCUT2D eigenvalue weighted by atomic mass is 16.2. The van der Waals surface area contributed by atoms with Crippen molar-refractivity contribution in [1.29, 1.82) is 0 Å². The molecular weight excluding hydrogens is 368 g/mol. The van der Waals surface area contributed by atoms with Crippen molar-refractivity contribution in [1.82, 2.24) is 15.6 Å². The number of urea groups is 1. The van der Waals surface area contributed by atoms with Crippen molar-refractivity contribution >= 4 is 34.4 Å². The smallest absolute Gasteiger partial charge is 0.329 e. The number of aromatic nitrogens is 1. The molecule has 4 amide bonds. The van der Waals surface area contributed by atoms with Crippen LogP contribution in [0.4, 0.5) is 10.5 Å². The molecule has 2 heterocycles. The number of hydrogen-bond donors (Lipinski definition) is 3. The first-order chi connectivity index (χ1) is 14.1. The van der Waals surface area contributed by atoms with Gasteiger partial charge < -0.3 is 15.6 Å². The van der Waals surface area contributed by atoms with Crippen LogP contribution < -0.4 is 15.5 Å². The predicted octanol–water partition coefficient (Wildman–Crippen LogP) is 2.73. The number of rotatable bonds is 7. The summed E-state index contributed by atoms with van der Waals surface area (Å²) in [4.78, 5) is 41.2. The third kappa shape index (κ3) is 3.99. The third-order valence-corrected chi connectivity index (χ3v) is 5.09. The molecule has 1 fully saturated rings. The molecule has 1 aliphatic heterocycles. The Morgan fingerprint density at radius 1 is 1.03 bits per heavy atom. The molecule has 1 aromatic heterocycles. The van der Waals surface area contributed by atoms with Crippen LogP contribution in [0.3, 0.4) is 0 Å². The van der Waals surface area contributed by atoms with Gasteiger partial charge in [0.2, 0.25) is 5.91 Å². The summed E-state index contributed by atoms with van der Waals surface area (Å²) in [6.45, 7) is 0.516. The zero-order valence-electron chi connectivity index (χ0n) is 15.9. The van der Waals surface area contributed by atoms with Gasteiger partial charge in [0.25, 0.3) is 5.91 Å². The van der Waals surface area contributed by atoms with Crippen LogP contribution in [0.1, 0.15) is 18.4 Å². The molecule has 0 aliphatic carbocycles. The minimum atomic E-state index is -0.679. The lowest BCUT2D eigenvalue weighted by atomic mass is 10.1. The van der Waals surface area contributed by atoms with Crippen LogP contribution in [0.25, 0.3) is 10.9 Å². The molecule has 0 bridgehead atoms. The quantitative estimate of drug-likeness (QED) is 0.542. The van der Waals surface area contributed by atoms with Crippen LogP contribution in [-0.4, -0.2) is 35.4 Å². The molecule has 3 N–H and O–H groups in total. The predicted molar refractivity (Wildman–Crippen MR) is 110 cm³/mol. The van der Waals surface area contributed by atoms with Gasteiger partial charge >= 0.3 is 6.03 Å². The van der Waals surface area contributed by atoms with E-state index in [4.69, 9.17) is 0 Å². The van der Waals surface area contributed by atoms with E-state index < -0.39 is 12.1 Å². The maximum absolute atomic E-state index is 12.5. The van der Waals surface area contributed by atoms with Crippen LogP contribution in [-0.2, 0) is 16.0 Å². The lowest BCUT2D eigenvalue weighted by molar-refractivity contribution is -0.121. The molecule has 1 saturated heterocycles. The van der Waals surface area contributed by atoms with Gasteiger partial charge in [-0.15, -0.1) is 0 Å². The second-order valence-corrected chi connectivity index (χ2v) is 7.01. The number of carbonyl (C=O) groups excluding carboxylic acids is 3. The molecule has 2 aromatic carbocycles. The van der Waals surface area contributed by atoms with Gasteiger partial charge in [-0.25, -0.2) is 9.69 Å². The zero-order valence-corrected chi connectivity index (χ0v) is 15.9. The van der Waals surface area contributed by atoms with Crippen LogP contribution in [0.15, 0.2) is 60.8 Å². The van der Waals surface area contributed by atoms with E-state index in [1.54, 1.807) is 24.3 Å². The van der Waals surface area contributed by atoms with Crippen LogP contribution in [0.5, 0.6) is 0 Å². The van der Waals surface area contributed by atoms with E-state index in [9.17, 15) is 14.4 Å². The number of imide groups is 1. The summed E-state index contributed by atoms with van der Waals surface area (Å²) in [5.74, 6) is -0.460. The van der Waals surface area contributed by atoms with Gasteiger partial charge in [0.15, 0.2) is 0 Å². The summed E-state index contributed by atoms with van der Waals surface area (Å²) < 4.78 is 0. The van der Waals surface area contributed by atoms with Crippen molar-refractivity contribution in [3.63, 3.8) is 0 Å². The van der Waals surface area contributed by atoms with Gasteiger partial charge in [-0.1, -0.05) is 36.4 Å². The molecule has 1 aliphatic rings. The Hall–Kier alpha value is -3.61. The number of H-pyrrole nitrogens is 1. The minimum absolute atomic E-state index is 0.134. The fourth-order valence-corrected chi connectivity index (χ4v) is 3.59. The number of benzene rings is 2. The summed E-state index contributed by atoms with van der Waals surface area (Å²) in [5, 5.41) is 6.70. The monoisotopic (exact) mass is 390 g/mol. The molecule has 0 radical (unpaired) electrons. The van der Waals surface area contributed by atoms with E-state index in [1.807, 2.05) is 30.5 Å². The Balaban J connectivity index is 1.25. The fourth-order valence-electron chi connectivity index (χ4n) is 3.59. The number of anilines is 1. The van der Waals surface area contributed by atoms with Gasteiger partial charge in [-0.3, -0.25) is 9.59 Å². The van der Waals surface area contributed by atoms with Crippen molar-refractivity contribution in [2.45, 2.75) is 25.3 Å². The number of nitrogens with one attached hydrogen (secondary N) is 3. The number of nitrogens with zero attached hydrogens (tertiary/aromatic N) is 1. The first-order valence-electron chi connectivity index (χ1n) is 9.64. The van der Waals surface area contributed by atoms with E-state index in [1.165, 1.54) is 0 Å². The number of fused-ring (bicyclic) bond motifs is 1. The number of amides is 4. The average molecular weight is 390 g/mol. The Morgan fingerprint density at radius 2 is 1.79 bits per heavy atom. The van der Waals surface area contributed by atoms with Crippen molar-refractivity contribution in [3.05, 3.63) is 66.4 Å². The van der Waals surface area contributed by atoms with Crippen molar-refractivity contribution < 1.29 is 14.4 Å². The maximum Gasteiger partial charge on any atom is 0.329 e. The fraction of sp³-hybridized carbons (Fsp3) is 0.227. The molecule has 29 heavy (non-hydrogen) atoms. The number of hydrogen-bond acceptors (Lipinski definition) is 3. The van der Waals surface area contributed by atoms with Crippen LogP contribution in [0.2, 0.25) is 0 Å². The highest BCUT2D eigenvalue weighted by Gasteiger charge is 2.38. The molecule has 4 rings (SSSR count). The highest BCUT2D eigenvalue weighted by Crippen LogP contribution is 2.21. The first-order valence-corrected chi connectivity index (χ1v) is 9.64. The van der Waals surface area contributed by atoms with Gasteiger partial charge in [0.1, 0.15) is 6.04 Å². The average Bonchev–Trinajstić information content (AvgIpc) is 3.27. The number of carbonyl (C=O) groups is 3. The van der Waals surface area contributed by atoms with Gasteiger partial charge in [-0.05, 0) is 36.6 Å². The summed E-state index contributed by atoms with van der Waals surface area (Å²) in [5.41, 5.74) is 2.76. The Bertz CT molecular complexity index is 1040. The van der Waals surface area contributed by atoms with E-state index in [0.29, 0.717) is 12.2 Å². The topological polar surface area (TPSA) is 94.3 Å². The molecule has 7 heteroatoms. The van der Waals surface area contributed by atoms with E-state index in [-0.39, 0.29) is 24.7 Å².